The molecule has 0 radical (unpaired) electrons. The Hall–Kier alpha value is -2.38. The van der Waals surface area contributed by atoms with E-state index in [1.54, 1.807) is 13.1 Å². The number of terminal acetylenes is 1. The maximum atomic E-state index is 12.3. The van der Waals surface area contributed by atoms with Crippen LogP contribution in [0.5, 0.6) is 0 Å². The molecule has 4 nitrogen and oxygen atoms in total. The van der Waals surface area contributed by atoms with Gasteiger partial charge in [0.1, 0.15) is 0 Å². The van der Waals surface area contributed by atoms with Gasteiger partial charge in [0, 0.05) is 31.5 Å². The van der Waals surface area contributed by atoms with Crippen molar-refractivity contribution in [2.45, 2.75) is 25.4 Å². The smallest absolute Gasteiger partial charge is 0.255 e. The third-order valence-electron chi connectivity index (χ3n) is 3.53. The number of aliphatic hydroxyl groups excluding tert-OH is 1. The van der Waals surface area contributed by atoms with Gasteiger partial charge in [0.05, 0.1) is 11.7 Å². The van der Waals surface area contributed by atoms with Gasteiger partial charge in [-0.15, -0.1) is 6.42 Å². The highest BCUT2D eigenvalue weighted by atomic mass is 16.3. The first-order valence-electron chi connectivity index (χ1n) is 7.31. The molecular formula is C18H20N2O2. The van der Waals surface area contributed by atoms with E-state index in [0.29, 0.717) is 17.5 Å². The Bertz CT molecular complexity index is 641. The van der Waals surface area contributed by atoms with E-state index in [2.05, 4.69) is 23.1 Å². The van der Waals surface area contributed by atoms with Gasteiger partial charge in [-0.1, -0.05) is 24.1 Å². The fraction of sp³-hybridized carbons (Fsp3) is 0.333. The van der Waals surface area contributed by atoms with Crippen LogP contribution in [0.2, 0.25) is 0 Å². The Kier molecular flexibility index (Phi) is 5.51. The summed E-state index contributed by atoms with van der Waals surface area (Å²) in [6.45, 7) is 0.268. The Morgan fingerprint density at radius 3 is 3.00 bits per heavy atom. The molecule has 1 aromatic heterocycles. The van der Waals surface area contributed by atoms with Gasteiger partial charge < -0.3 is 10.0 Å². The van der Waals surface area contributed by atoms with Gasteiger partial charge in [0.15, 0.2) is 0 Å². The number of pyridine rings is 1. The van der Waals surface area contributed by atoms with Crippen molar-refractivity contribution in [1.82, 2.24) is 9.88 Å². The molecule has 1 heterocycles. The van der Waals surface area contributed by atoms with Crippen LogP contribution in [0.1, 0.15) is 35.2 Å². The molecule has 0 saturated heterocycles. The maximum Gasteiger partial charge on any atom is 0.255 e. The summed E-state index contributed by atoms with van der Waals surface area (Å²) in [5.74, 6) is 2.26. The van der Waals surface area contributed by atoms with Gasteiger partial charge in [-0.3, -0.25) is 9.78 Å². The fourth-order valence-corrected chi connectivity index (χ4v) is 2.41. The highest BCUT2D eigenvalue weighted by Crippen LogP contribution is 2.15. The molecule has 0 spiro atoms. The van der Waals surface area contributed by atoms with Crippen LogP contribution < -0.4 is 0 Å². The van der Waals surface area contributed by atoms with E-state index in [-0.39, 0.29) is 12.5 Å². The molecule has 1 aliphatic carbocycles. The highest BCUT2D eigenvalue weighted by molar-refractivity contribution is 5.94. The summed E-state index contributed by atoms with van der Waals surface area (Å²) in [7, 11) is 1.67. The molecule has 4 heteroatoms. The van der Waals surface area contributed by atoms with E-state index in [1.165, 1.54) is 17.3 Å². The minimum atomic E-state index is -0.591. The number of aliphatic hydroxyl groups is 1. The predicted molar refractivity (Wildman–Crippen MR) is 86.2 cm³/mol. The minimum absolute atomic E-state index is 0.197. The predicted octanol–water partition coefficient (Wildman–Crippen LogP) is 2.16. The van der Waals surface area contributed by atoms with E-state index in [0.717, 1.165) is 18.4 Å². The third kappa shape index (κ3) is 4.31. The first kappa shape index (κ1) is 16.0. The number of carbonyl (C=O) groups is 1. The zero-order valence-corrected chi connectivity index (χ0v) is 12.7. The summed E-state index contributed by atoms with van der Waals surface area (Å²) < 4.78 is 0. The fourth-order valence-electron chi connectivity index (χ4n) is 2.41. The van der Waals surface area contributed by atoms with Crippen LogP contribution in [-0.2, 0) is 0 Å². The van der Waals surface area contributed by atoms with Crippen molar-refractivity contribution in [3.63, 3.8) is 0 Å². The summed E-state index contributed by atoms with van der Waals surface area (Å²) in [5.41, 5.74) is 2.12. The van der Waals surface area contributed by atoms with E-state index in [4.69, 9.17) is 6.42 Å². The van der Waals surface area contributed by atoms with Gasteiger partial charge >= 0.3 is 0 Å². The number of carbonyl (C=O) groups excluding carboxylic acids is 1. The second-order valence-corrected chi connectivity index (χ2v) is 5.41. The standard InChI is InChI=1S/C18H20N2O2/c1-3-14-9-16(12-19-11-14)18(22)20(2)13-17(21)10-15-7-5-4-6-8-15/h1,5,7-9,11-12,17,21H,4,6,10,13H2,2H3. The highest BCUT2D eigenvalue weighted by Gasteiger charge is 2.17. The SMILES string of the molecule is C#Cc1cncc(C(=O)N(C)CC(O)CC2=CCCC=C2)c1. The van der Waals surface area contributed by atoms with Gasteiger partial charge in [0.25, 0.3) is 5.91 Å². The van der Waals surface area contributed by atoms with E-state index in [1.807, 2.05) is 6.08 Å². The van der Waals surface area contributed by atoms with Gasteiger partial charge in [0.2, 0.25) is 0 Å². The first-order chi connectivity index (χ1) is 10.6. The lowest BCUT2D eigenvalue weighted by molar-refractivity contribution is 0.0682. The topological polar surface area (TPSA) is 53.4 Å². The van der Waals surface area contributed by atoms with Crippen LogP contribution in [0.25, 0.3) is 0 Å². The normalized spacial score (nSPS) is 14.9. The number of rotatable bonds is 5. The van der Waals surface area contributed by atoms with Crippen molar-refractivity contribution in [3.8, 4) is 12.3 Å². The largest absolute Gasteiger partial charge is 0.391 e. The minimum Gasteiger partial charge on any atom is -0.391 e. The molecule has 1 unspecified atom stereocenters. The van der Waals surface area contributed by atoms with Crippen LogP contribution in [-0.4, -0.2) is 40.6 Å². The second kappa shape index (κ2) is 7.58. The van der Waals surface area contributed by atoms with Crippen LogP contribution in [0, 0.1) is 12.3 Å². The maximum absolute atomic E-state index is 12.3. The van der Waals surface area contributed by atoms with Crippen molar-refractivity contribution in [2.24, 2.45) is 0 Å². The van der Waals surface area contributed by atoms with Crippen molar-refractivity contribution < 1.29 is 9.90 Å². The summed E-state index contributed by atoms with van der Waals surface area (Å²) in [6.07, 6.45) is 16.6. The molecule has 1 amide bonds. The summed E-state index contributed by atoms with van der Waals surface area (Å²) in [6, 6.07) is 1.63. The third-order valence-corrected chi connectivity index (χ3v) is 3.53. The Balaban J connectivity index is 1.94. The van der Waals surface area contributed by atoms with E-state index >= 15 is 0 Å². The Morgan fingerprint density at radius 1 is 1.50 bits per heavy atom. The number of allylic oxidation sites excluding steroid dienone is 3. The summed E-state index contributed by atoms with van der Waals surface area (Å²) in [5, 5.41) is 10.2. The monoisotopic (exact) mass is 296 g/mol. The van der Waals surface area contributed by atoms with Crippen molar-refractivity contribution in [1.29, 1.82) is 0 Å². The number of hydrogen-bond acceptors (Lipinski definition) is 3. The molecule has 0 bridgehead atoms. The van der Waals surface area contributed by atoms with Crippen molar-refractivity contribution >= 4 is 5.91 Å². The van der Waals surface area contributed by atoms with Gasteiger partial charge in [-0.25, -0.2) is 0 Å². The molecule has 1 aromatic rings. The van der Waals surface area contributed by atoms with E-state index in [9.17, 15) is 9.90 Å². The van der Waals surface area contributed by atoms with Crippen molar-refractivity contribution in [3.05, 3.63) is 53.4 Å². The molecule has 0 aromatic carbocycles. The zero-order valence-electron chi connectivity index (χ0n) is 12.7. The molecule has 1 N–H and O–H groups in total. The van der Waals surface area contributed by atoms with Gasteiger partial charge in [-0.2, -0.15) is 0 Å². The number of likely N-dealkylation sites (N-methyl/N-ethyl adjacent to an activating group) is 1. The van der Waals surface area contributed by atoms with Crippen LogP contribution in [0.3, 0.4) is 0 Å². The molecule has 0 aliphatic heterocycles. The number of nitrogens with zero attached hydrogens (tertiary/aromatic N) is 2. The van der Waals surface area contributed by atoms with Gasteiger partial charge in [-0.05, 0) is 30.9 Å². The molecule has 1 atom stereocenters. The van der Waals surface area contributed by atoms with E-state index < -0.39 is 6.10 Å². The quantitative estimate of drug-likeness (QED) is 0.847. The Morgan fingerprint density at radius 2 is 2.32 bits per heavy atom. The average Bonchev–Trinajstić information content (AvgIpc) is 2.55. The second-order valence-electron chi connectivity index (χ2n) is 5.41. The summed E-state index contributed by atoms with van der Waals surface area (Å²) in [4.78, 5) is 17.8. The van der Waals surface area contributed by atoms with Crippen LogP contribution in [0.15, 0.2) is 42.3 Å². The lowest BCUT2D eigenvalue weighted by Gasteiger charge is -2.21. The molecule has 114 valence electrons. The molecule has 1 aliphatic rings. The molecular weight excluding hydrogens is 276 g/mol. The van der Waals surface area contributed by atoms with Crippen LogP contribution in [0.4, 0.5) is 0 Å². The molecule has 0 fully saturated rings. The zero-order chi connectivity index (χ0) is 15.9. The lowest BCUT2D eigenvalue weighted by atomic mass is 10.0. The van der Waals surface area contributed by atoms with Crippen LogP contribution >= 0.6 is 0 Å². The molecule has 22 heavy (non-hydrogen) atoms. The number of amides is 1. The number of aromatic nitrogens is 1. The van der Waals surface area contributed by atoms with Crippen molar-refractivity contribution in [2.75, 3.05) is 13.6 Å². The molecule has 2 rings (SSSR count). The first-order valence-corrected chi connectivity index (χ1v) is 7.31. The summed E-state index contributed by atoms with van der Waals surface area (Å²) >= 11 is 0. The Labute approximate surface area is 131 Å². The average molecular weight is 296 g/mol. The molecule has 0 saturated carbocycles. The lowest BCUT2D eigenvalue weighted by Crippen LogP contribution is -2.34. The number of hydrogen-bond donors (Lipinski definition) is 1.